The van der Waals surface area contributed by atoms with E-state index in [0.29, 0.717) is 22.2 Å². The maximum absolute atomic E-state index is 13.4. The first-order valence-corrected chi connectivity index (χ1v) is 5.36. The van der Waals surface area contributed by atoms with Gasteiger partial charge in [0.1, 0.15) is 11.6 Å². The Morgan fingerprint density at radius 3 is 2.94 bits per heavy atom. The van der Waals surface area contributed by atoms with Crippen molar-refractivity contribution in [1.82, 2.24) is 4.98 Å². The summed E-state index contributed by atoms with van der Waals surface area (Å²) >= 11 is 0. The average Bonchev–Trinajstić information content (AvgIpc) is 2.36. The van der Waals surface area contributed by atoms with Crippen LogP contribution in [0.15, 0.2) is 24.4 Å². The van der Waals surface area contributed by atoms with Crippen LogP contribution in [0.4, 0.5) is 4.39 Å². The molecule has 0 unspecified atom stereocenters. The molecular weight excluding hydrogens is 237 g/mol. The number of ether oxygens (including phenoxy) is 2. The molecule has 0 bridgehead atoms. The normalized spacial score (nSPS) is 10.4. The minimum atomic E-state index is -0.493. The van der Waals surface area contributed by atoms with Crippen molar-refractivity contribution in [2.45, 2.75) is 6.92 Å². The van der Waals surface area contributed by atoms with Gasteiger partial charge in [0.15, 0.2) is 6.61 Å². The molecule has 2 aromatic rings. The van der Waals surface area contributed by atoms with E-state index in [1.807, 2.05) is 0 Å². The summed E-state index contributed by atoms with van der Waals surface area (Å²) in [6.07, 6.45) is 1.56. The number of hydrogen-bond acceptors (Lipinski definition) is 4. The molecule has 1 aromatic carbocycles. The lowest BCUT2D eigenvalue weighted by Gasteiger charge is -2.09. The Morgan fingerprint density at radius 2 is 2.22 bits per heavy atom. The highest BCUT2D eigenvalue weighted by Gasteiger charge is 2.09. The second-order valence-electron chi connectivity index (χ2n) is 3.79. The van der Waals surface area contributed by atoms with Crippen molar-refractivity contribution in [3.05, 3.63) is 35.8 Å². The molecular formula is C13H12FNO3. The first kappa shape index (κ1) is 12.3. The lowest BCUT2D eigenvalue weighted by molar-refractivity contribution is -0.142. The van der Waals surface area contributed by atoms with Gasteiger partial charge in [0.05, 0.1) is 12.6 Å². The van der Waals surface area contributed by atoms with Crippen molar-refractivity contribution in [2.24, 2.45) is 0 Å². The van der Waals surface area contributed by atoms with Crippen LogP contribution in [0.5, 0.6) is 5.75 Å². The lowest BCUT2D eigenvalue weighted by Crippen LogP contribution is -2.12. The summed E-state index contributed by atoms with van der Waals surface area (Å²) in [4.78, 5) is 15.2. The monoisotopic (exact) mass is 249 g/mol. The third kappa shape index (κ3) is 2.40. The first-order chi connectivity index (χ1) is 8.61. The predicted octanol–water partition coefficient (Wildman–Crippen LogP) is 2.23. The molecule has 0 spiro atoms. The molecule has 18 heavy (non-hydrogen) atoms. The number of methoxy groups -OCH3 is 1. The molecule has 0 saturated carbocycles. The van der Waals surface area contributed by atoms with Crippen LogP contribution in [0.25, 0.3) is 10.9 Å². The SMILES string of the molecule is COC(=O)COc1ccnc2c(C)cc(F)cc12. The number of nitrogens with zero attached hydrogens (tertiary/aromatic N) is 1. The number of carbonyl (C=O) groups excluding carboxylic acids is 1. The zero-order chi connectivity index (χ0) is 13.1. The Balaban J connectivity index is 2.41. The number of rotatable bonds is 3. The summed E-state index contributed by atoms with van der Waals surface area (Å²) in [7, 11) is 1.28. The molecule has 0 amide bonds. The Kier molecular flexibility index (Phi) is 3.41. The van der Waals surface area contributed by atoms with Crippen molar-refractivity contribution in [3.8, 4) is 5.75 Å². The number of halogens is 1. The second kappa shape index (κ2) is 5.00. The molecule has 0 N–H and O–H groups in total. The molecule has 2 rings (SSSR count). The molecule has 0 aliphatic carbocycles. The number of pyridine rings is 1. The van der Waals surface area contributed by atoms with E-state index in [9.17, 15) is 9.18 Å². The van der Waals surface area contributed by atoms with Crippen molar-refractivity contribution < 1.29 is 18.7 Å². The number of hydrogen-bond donors (Lipinski definition) is 0. The zero-order valence-corrected chi connectivity index (χ0v) is 10.1. The Labute approximate surface area is 103 Å². The molecule has 4 nitrogen and oxygen atoms in total. The maximum Gasteiger partial charge on any atom is 0.343 e. The van der Waals surface area contributed by atoms with Crippen LogP contribution >= 0.6 is 0 Å². The van der Waals surface area contributed by atoms with Crippen LogP contribution in [0.2, 0.25) is 0 Å². The molecule has 0 fully saturated rings. The number of benzene rings is 1. The molecule has 0 aliphatic heterocycles. The van der Waals surface area contributed by atoms with Crippen LogP contribution in [0, 0.1) is 12.7 Å². The summed E-state index contributed by atoms with van der Waals surface area (Å²) in [5, 5.41) is 0.541. The van der Waals surface area contributed by atoms with Gasteiger partial charge >= 0.3 is 5.97 Å². The number of aryl methyl sites for hydroxylation is 1. The van der Waals surface area contributed by atoms with E-state index in [0.717, 1.165) is 0 Å². The standard InChI is InChI=1S/C13H12FNO3/c1-8-5-9(14)6-10-11(3-4-15-13(8)10)18-7-12(16)17-2/h3-6H,7H2,1-2H3. The predicted molar refractivity (Wildman–Crippen MR) is 63.9 cm³/mol. The Morgan fingerprint density at radius 1 is 1.44 bits per heavy atom. The smallest absolute Gasteiger partial charge is 0.343 e. The van der Waals surface area contributed by atoms with Crippen LogP contribution in [-0.2, 0) is 9.53 Å². The van der Waals surface area contributed by atoms with Crippen molar-refractivity contribution in [3.63, 3.8) is 0 Å². The molecule has 0 radical (unpaired) electrons. The van der Waals surface area contributed by atoms with Gasteiger partial charge in [-0.15, -0.1) is 0 Å². The van der Waals surface area contributed by atoms with Crippen molar-refractivity contribution >= 4 is 16.9 Å². The molecule has 0 atom stereocenters. The quantitative estimate of drug-likeness (QED) is 0.783. The van der Waals surface area contributed by atoms with Crippen LogP contribution in [0.3, 0.4) is 0 Å². The largest absolute Gasteiger partial charge is 0.481 e. The first-order valence-electron chi connectivity index (χ1n) is 5.36. The van der Waals surface area contributed by atoms with E-state index in [4.69, 9.17) is 4.74 Å². The van der Waals surface area contributed by atoms with Gasteiger partial charge in [-0.05, 0) is 30.7 Å². The van der Waals surface area contributed by atoms with E-state index >= 15 is 0 Å². The highest BCUT2D eigenvalue weighted by Crippen LogP contribution is 2.27. The van der Waals surface area contributed by atoms with Gasteiger partial charge in [0, 0.05) is 11.6 Å². The second-order valence-corrected chi connectivity index (χ2v) is 3.79. The van der Waals surface area contributed by atoms with Gasteiger partial charge in [0.25, 0.3) is 0 Å². The molecule has 0 saturated heterocycles. The summed E-state index contributed by atoms with van der Waals surface area (Å²) in [6.45, 7) is 1.55. The Hall–Kier alpha value is -2.17. The molecule has 1 aromatic heterocycles. The summed E-state index contributed by atoms with van der Waals surface area (Å²) in [5.74, 6) is -0.447. The lowest BCUT2D eigenvalue weighted by atomic mass is 10.1. The molecule has 94 valence electrons. The van der Waals surface area contributed by atoms with E-state index < -0.39 is 5.97 Å². The number of carbonyl (C=O) groups is 1. The number of esters is 1. The van der Waals surface area contributed by atoms with Crippen LogP contribution in [-0.4, -0.2) is 24.7 Å². The highest BCUT2D eigenvalue weighted by atomic mass is 19.1. The molecule has 0 aliphatic rings. The summed E-state index contributed by atoms with van der Waals surface area (Å²) < 4.78 is 23.1. The minimum absolute atomic E-state index is 0.217. The molecule has 1 heterocycles. The van der Waals surface area contributed by atoms with Gasteiger partial charge in [-0.1, -0.05) is 0 Å². The highest BCUT2D eigenvalue weighted by molar-refractivity contribution is 5.87. The Bertz CT molecular complexity index is 598. The molecule has 5 heteroatoms. The van der Waals surface area contributed by atoms with E-state index in [1.165, 1.54) is 19.2 Å². The fourth-order valence-corrected chi connectivity index (χ4v) is 1.69. The third-order valence-electron chi connectivity index (χ3n) is 2.53. The van der Waals surface area contributed by atoms with E-state index in [1.54, 1.807) is 19.2 Å². The van der Waals surface area contributed by atoms with Gasteiger partial charge in [-0.25, -0.2) is 9.18 Å². The van der Waals surface area contributed by atoms with Crippen LogP contribution in [0.1, 0.15) is 5.56 Å². The van der Waals surface area contributed by atoms with Gasteiger partial charge in [-0.2, -0.15) is 0 Å². The zero-order valence-electron chi connectivity index (χ0n) is 10.1. The number of aromatic nitrogens is 1. The topological polar surface area (TPSA) is 48.4 Å². The van der Waals surface area contributed by atoms with Crippen LogP contribution < -0.4 is 4.74 Å². The number of fused-ring (bicyclic) bond motifs is 1. The van der Waals surface area contributed by atoms with E-state index in [-0.39, 0.29) is 12.4 Å². The summed E-state index contributed by atoms with van der Waals surface area (Å²) in [5.41, 5.74) is 1.37. The van der Waals surface area contributed by atoms with Crippen molar-refractivity contribution in [1.29, 1.82) is 0 Å². The minimum Gasteiger partial charge on any atom is -0.481 e. The average molecular weight is 249 g/mol. The third-order valence-corrected chi connectivity index (χ3v) is 2.53. The fourth-order valence-electron chi connectivity index (χ4n) is 1.69. The van der Waals surface area contributed by atoms with Crippen molar-refractivity contribution in [2.75, 3.05) is 13.7 Å². The van der Waals surface area contributed by atoms with Gasteiger partial charge in [-0.3, -0.25) is 4.98 Å². The van der Waals surface area contributed by atoms with Gasteiger partial charge in [0.2, 0.25) is 0 Å². The van der Waals surface area contributed by atoms with E-state index in [2.05, 4.69) is 9.72 Å². The fraction of sp³-hybridized carbons (Fsp3) is 0.231. The van der Waals surface area contributed by atoms with Gasteiger partial charge < -0.3 is 9.47 Å². The maximum atomic E-state index is 13.4. The summed E-state index contributed by atoms with van der Waals surface area (Å²) in [6, 6.07) is 4.32.